The first-order valence-electron chi connectivity index (χ1n) is 6.29. The summed E-state index contributed by atoms with van der Waals surface area (Å²) < 4.78 is 0. The van der Waals surface area contributed by atoms with Crippen molar-refractivity contribution in [3.05, 3.63) is 18.5 Å². The zero-order chi connectivity index (χ0) is 13.0. The van der Waals surface area contributed by atoms with E-state index in [9.17, 15) is 4.79 Å². The average Bonchev–Trinajstić information content (AvgIpc) is 2.51. The van der Waals surface area contributed by atoms with Crippen LogP contribution in [0.3, 0.4) is 0 Å². The summed E-state index contributed by atoms with van der Waals surface area (Å²) in [5.41, 5.74) is 0. The number of nitrogens with one attached hydrogen (secondary N) is 1. The average molecular weight is 249 g/mol. The van der Waals surface area contributed by atoms with Gasteiger partial charge in [0, 0.05) is 6.54 Å². The predicted molar refractivity (Wildman–Crippen MR) is 66.5 cm³/mol. The van der Waals surface area contributed by atoms with Gasteiger partial charge in [-0.25, -0.2) is 15.0 Å². The van der Waals surface area contributed by atoms with Crippen molar-refractivity contribution in [2.24, 2.45) is 5.92 Å². The summed E-state index contributed by atoms with van der Waals surface area (Å²) in [7, 11) is 1.84. The molecule has 6 heteroatoms. The Hall–Kier alpha value is -1.56. The highest BCUT2D eigenvalue weighted by molar-refractivity contribution is 5.82. The molecule has 1 saturated heterocycles. The first-order valence-corrected chi connectivity index (χ1v) is 6.29. The number of hydrogen-bond donors (Lipinski definition) is 1. The minimum absolute atomic E-state index is 0.102. The second-order valence-electron chi connectivity index (χ2n) is 4.70. The smallest absolute Gasteiger partial charge is 0.240 e. The van der Waals surface area contributed by atoms with Crippen LogP contribution in [0.2, 0.25) is 0 Å². The van der Waals surface area contributed by atoms with Crippen LogP contribution in [0.1, 0.15) is 25.6 Å². The van der Waals surface area contributed by atoms with E-state index in [4.69, 9.17) is 0 Å². The second-order valence-corrected chi connectivity index (χ2v) is 4.70. The highest BCUT2D eigenvalue weighted by Gasteiger charge is 2.30. The van der Waals surface area contributed by atoms with Gasteiger partial charge >= 0.3 is 0 Å². The topological polar surface area (TPSA) is 71.0 Å². The number of aromatic nitrogens is 3. The van der Waals surface area contributed by atoms with Gasteiger partial charge in [-0.1, -0.05) is 6.92 Å². The molecule has 1 aliphatic heterocycles. The Bertz CT molecular complexity index is 397. The van der Waals surface area contributed by atoms with Gasteiger partial charge in [-0.2, -0.15) is 0 Å². The fourth-order valence-electron chi connectivity index (χ4n) is 2.40. The van der Waals surface area contributed by atoms with Gasteiger partial charge in [-0.15, -0.1) is 0 Å². The zero-order valence-corrected chi connectivity index (χ0v) is 10.8. The van der Waals surface area contributed by atoms with Crippen LogP contribution in [0.15, 0.2) is 12.7 Å². The molecular formula is C12H19N5O. The molecule has 0 radical (unpaired) electrons. The lowest BCUT2D eigenvalue weighted by molar-refractivity contribution is -0.134. The Morgan fingerprint density at radius 1 is 1.44 bits per heavy atom. The molecule has 2 rings (SSSR count). The van der Waals surface area contributed by atoms with Crippen LogP contribution >= 0.6 is 0 Å². The standard InChI is InChI=1S/C12H19N5O/c1-9-4-3-5-17(12(18)11(9)13-2)6-10-15-7-14-8-16-10/h7-9,11,13H,3-6H2,1-2H3. The van der Waals surface area contributed by atoms with Crippen molar-refractivity contribution in [2.75, 3.05) is 13.6 Å². The molecule has 98 valence electrons. The van der Waals surface area contributed by atoms with Crippen molar-refractivity contribution < 1.29 is 4.79 Å². The summed E-state index contributed by atoms with van der Waals surface area (Å²) in [6.07, 6.45) is 5.01. The van der Waals surface area contributed by atoms with Crippen molar-refractivity contribution in [3.63, 3.8) is 0 Å². The molecule has 1 amide bonds. The molecule has 0 aliphatic carbocycles. The lowest BCUT2D eigenvalue weighted by Crippen LogP contribution is -2.46. The fraction of sp³-hybridized carbons (Fsp3) is 0.667. The zero-order valence-electron chi connectivity index (χ0n) is 10.8. The molecule has 0 aromatic carbocycles. The van der Waals surface area contributed by atoms with E-state index in [1.165, 1.54) is 12.7 Å². The van der Waals surface area contributed by atoms with Crippen LogP contribution < -0.4 is 5.32 Å². The van der Waals surface area contributed by atoms with Crippen molar-refractivity contribution in [3.8, 4) is 0 Å². The summed E-state index contributed by atoms with van der Waals surface area (Å²) in [6.45, 7) is 3.35. The molecule has 18 heavy (non-hydrogen) atoms. The minimum Gasteiger partial charge on any atom is -0.334 e. The van der Waals surface area contributed by atoms with E-state index >= 15 is 0 Å². The molecule has 2 heterocycles. The lowest BCUT2D eigenvalue weighted by Gasteiger charge is -2.25. The molecule has 1 aliphatic rings. The third-order valence-electron chi connectivity index (χ3n) is 3.42. The molecule has 1 aromatic rings. The summed E-state index contributed by atoms with van der Waals surface area (Å²) in [5.74, 6) is 1.15. The van der Waals surface area contributed by atoms with E-state index in [1.54, 1.807) is 0 Å². The fourth-order valence-corrected chi connectivity index (χ4v) is 2.40. The van der Waals surface area contributed by atoms with Crippen LogP contribution in [0.4, 0.5) is 0 Å². The third kappa shape index (κ3) is 2.81. The van der Waals surface area contributed by atoms with E-state index < -0.39 is 0 Å². The van der Waals surface area contributed by atoms with Gasteiger partial charge in [-0.05, 0) is 25.8 Å². The maximum absolute atomic E-state index is 12.4. The quantitative estimate of drug-likeness (QED) is 0.829. The van der Waals surface area contributed by atoms with Crippen molar-refractivity contribution in [1.29, 1.82) is 0 Å². The molecule has 0 bridgehead atoms. The predicted octanol–water partition coefficient (Wildman–Crippen LogP) is 0.218. The number of likely N-dealkylation sites (tertiary alicyclic amines) is 1. The Balaban J connectivity index is 2.10. The van der Waals surface area contributed by atoms with Gasteiger partial charge in [0.1, 0.15) is 12.7 Å². The Morgan fingerprint density at radius 3 is 2.83 bits per heavy atom. The van der Waals surface area contributed by atoms with Crippen molar-refractivity contribution in [1.82, 2.24) is 25.2 Å². The Kier molecular flexibility index (Phi) is 4.19. The molecular weight excluding hydrogens is 230 g/mol. The summed E-state index contributed by atoms with van der Waals surface area (Å²) in [6, 6.07) is -0.102. The molecule has 1 N–H and O–H groups in total. The highest BCUT2D eigenvalue weighted by Crippen LogP contribution is 2.19. The molecule has 0 spiro atoms. The van der Waals surface area contributed by atoms with E-state index in [0.29, 0.717) is 18.3 Å². The van der Waals surface area contributed by atoms with E-state index in [1.807, 2.05) is 11.9 Å². The molecule has 2 unspecified atom stereocenters. The number of rotatable bonds is 3. The summed E-state index contributed by atoms with van der Waals surface area (Å²) >= 11 is 0. The number of nitrogens with zero attached hydrogens (tertiary/aromatic N) is 4. The Morgan fingerprint density at radius 2 is 2.17 bits per heavy atom. The normalized spacial score (nSPS) is 25.0. The summed E-state index contributed by atoms with van der Waals surface area (Å²) in [4.78, 5) is 26.1. The highest BCUT2D eigenvalue weighted by atomic mass is 16.2. The third-order valence-corrected chi connectivity index (χ3v) is 3.42. The van der Waals surface area contributed by atoms with E-state index in [-0.39, 0.29) is 11.9 Å². The van der Waals surface area contributed by atoms with E-state index in [0.717, 1.165) is 19.4 Å². The maximum Gasteiger partial charge on any atom is 0.240 e. The number of carbonyl (C=O) groups is 1. The first kappa shape index (κ1) is 12.9. The van der Waals surface area contributed by atoms with E-state index in [2.05, 4.69) is 27.2 Å². The molecule has 1 aromatic heterocycles. The van der Waals surface area contributed by atoms with Crippen molar-refractivity contribution in [2.45, 2.75) is 32.4 Å². The largest absolute Gasteiger partial charge is 0.334 e. The molecule has 6 nitrogen and oxygen atoms in total. The van der Waals surface area contributed by atoms with Crippen LogP contribution in [-0.2, 0) is 11.3 Å². The van der Waals surface area contributed by atoms with Crippen molar-refractivity contribution >= 4 is 5.91 Å². The van der Waals surface area contributed by atoms with Crippen LogP contribution in [0.25, 0.3) is 0 Å². The van der Waals surface area contributed by atoms with Crippen LogP contribution in [0.5, 0.6) is 0 Å². The van der Waals surface area contributed by atoms with Gasteiger partial charge < -0.3 is 10.2 Å². The van der Waals surface area contributed by atoms with Gasteiger partial charge in [0.15, 0.2) is 5.82 Å². The maximum atomic E-state index is 12.4. The summed E-state index contributed by atoms with van der Waals surface area (Å²) in [5, 5.41) is 3.11. The second kappa shape index (κ2) is 5.86. The van der Waals surface area contributed by atoms with Gasteiger partial charge in [0.2, 0.25) is 5.91 Å². The number of likely N-dealkylation sites (N-methyl/N-ethyl adjacent to an activating group) is 1. The number of hydrogen-bond acceptors (Lipinski definition) is 5. The molecule has 0 saturated carbocycles. The monoisotopic (exact) mass is 249 g/mol. The lowest BCUT2D eigenvalue weighted by atomic mass is 9.98. The molecule has 1 fully saturated rings. The van der Waals surface area contributed by atoms with Crippen LogP contribution in [0, 0.1) is 5.92 Å². The Labute approximate surface area is 107 Å². The van der Waals surface area contributed by atoms with Gasteiger partial charge in [0.05, 0.1) is 12.6 Å². The van der Waals surface area contributed by atoms with Gasteiger partial charge in [0.25, 0.3) is 0 Å². The number of carbonyl (C=O) groups excluding carboxylic acids is 1. The first-order chi connectivity index (χ1) is 8.72. The van der Waals surface area contributed by atoms with Gasteiger partial charge in [-0.3, -0.25) is 4.79 Å². The number of amides is 1. The SMILES string of the molecule is CNC1C(=O)N(Cc2ncncn2)CCCC1C. The minimum atomic E-state index is -0.102. The molecule has 2 atom stereocenters. The van der Waals surface area contributed by atoms with Crippen LogP contribution in [-0.4, -0.2) is 45.4 Å².